The van der Waals surface area contributed by atoms with Gasteiger partial charge in [0.05, 0.1) is 32.8 Å². The minimum absolute atomic E-state index is 0.0969. The molecule has 0 aliphatic rings. The van der Waals surface area contributed by atoms with Crippen LogP contribution in [0, 0.1) is 0 Å². The predicted molar refractivity (Wildman–Crippen MR) is 117 cm³/mol. The highest BCUT2D eigenvalue weighted by Crippen LogP contribution is 2.48. The van der Waals surface area contributed by atoms with Crippen molar-refractivity contribution in [3.8, 4) is 11.5 Å². The highest BCUT2D eigenvalue weighted by molar-refractivity contribution is 9.14. The van der Waals surface area contributed by atoms with Crippen molar-refractivity contribution in [2.75, 3.05) is 13.2 Å². The number of halogens is 8. The molecule has 25 heavy (non-hydrogen) atoms. The molecule has 0 fully saturated rings. The maximum absolute atomic E-state index is 6.11. The molecule has 0 amide bonds. The van der Waals surface area contributed by atoms with Gasteiger partial charge in [-0.3, -0.25) is 0 Å². The van der Waals surface area contributed by atoms with Crippen LogP contribution < -0.4 is 9.47 Å². The summed E-state index contributed by atoms with van der Waals surface area (Å²) in [7, 11) is 0. The average Bonchev–Trinajstić information content (AvgIpc) is 2.60. The Bertz CT molecular complexity index is 772. The molecule has 0 atom stereocenters. The lowest BCUT2D eigenvalue weighted by molar-refractivity contribution is 0.246. The number of ether oxygens (including phenoxy) is 2. The molecule has 2 rings (SSSR count). The van der Waals surface area contributed by atoms with Crippen molar-refractivity contribution >= 4 is 106 Å². The van der Waals surface area contributed by atoms with E-state index in [1.807, 2.05) is 12.1 Å². The van der Waals surface area contributed by atoms with Gasteiger partial charge < -0.3 is 9.47 Å². The average molecular weight is 637 g/mol. The van der Waals surface area contributed by atoms with E-state index in [2.05, 4.69) is 47.8 Å². The third-order valence-corrected chi connectivity index (χ3v) is 8.54. The maximum Gasteiger partial charge on any atom is 0.159 e. The van der Waals surface area contributed by atoms with E-state index in [0.717, 1.165) is 13.4 Å². The lowest BCUT2D eigenvalue weighted by Crippen LogP contribution is -2.06. The molecule has 10 heteroatoms. The zero-order chi connectivity index (χ0) is 18.7. The lowest BCUT2D eigenvalue weighted by Gasteiger charge is -2.14. The Morgan fingerprint density at radius 3 is 1.80 bits per heavy atom. The Morgan fingerprint density at radius 2 is 1.20 bits per heavy atom. The third kappa shape index (κ3) is 5.26. The molecule has 2 nitrogen and oxygen atoms in total. The van der Waals surface area contributed by atoms with E-state index in [1.165, 1.54) is 0 Å². The molecule has 0 radical (unpaired) electrons. The van der Waals surface area contributed by atoms with Crippen LogP contribution in [0.1, 0.15) is 6.42 Å². The quantitative estimate of drug-likeness (QED) is 0.179. The zero-order valence-corrected chi connectivity index (χ0v) is 20.7. The molecule has 0 bridgehead atoms. The van der Waals surface area contributed by atoms with Crippen LogP contribution in [0.4, 0.5) is 0 Å². The molecule has 0 spiro atoms. The second-order valence-electron chi connectivity index (χ2n) is 4.62. The summed E-state index contributed by atoms with van der Waals surface area (Å²) < 4.78 is 13.9. The van der Waals surface area contributed by atoms with E-state index in [1.54, 1.807) is 0 Å². The summed E-state index contributed by atoms with van der Waals surface area (Å²) in [6.45, 7) is 0.736. The second kappa shape index (κ2) is 9.92. The van der Waals surface area contributed by atoms with E-state index in [9.17, 15) is 0 Å². The van der Waals surface area contributed by atoms with Crippen LogP contribution in [0.2, 0.25) is 25.1 Å². The van der Waals surface area contributed by atoms with Gasteiger partial charge in [0.25, 0.3) is 0 Å². The van der Waals surface area contributed by atoms with Crippen LogP contribution in [-0.4, -0.2) is 13.2 Å². The van der Waals surface area contributed by atoms with Crippen LogP contribution in [0.25, 0.3) is 0 Å². The second-order valence-corrected chi connectivity index (χ2v) is 8.95. The summed E-state index contributed by atoms with van der Waals surface area (Å²) in [5, 5.41) is 0.558. The van der Waals surface area contributed by atoms with Crippen LogP contribution in [0.5, 0.6) is 11.5 Å². The molecule has 2 aromatic carbocycles. The van der Waals surface area contributed by atoms with E-state index >= 15 is 0 Å². The van der Waals surface area contributed by atoms with E-state index in [4.69, 9.17) is 67.5 Å². The van der Waals surface area contributed by atoms with Gasteiger partial charge >= 0.3 is 0 Å². The molecule has 0 aliphatic heterocycles. The van der Waals surface area contributed by atoms with Gasteiger partial charge in [-0.15, -0.1) is 0 Å². The molecule has 0 N–H and O–H groups in total. The normalized spacial score (nSPS) is 10.9. The zero-order valence-electron chi connectivity index (χ0n) is 12.1. The first kappa shape index (κ1) is 22.2. The van der Waals surface area contributed by atoms with Gasteiger partial charge in [-0.1, -0.05) is 58.0 Å². The fourth-order valence-corrected chi connectivity index (χ4v) is 4.36. The Balaban J connectivity index is 1.94. The van der Waals surface area contributed by atoms with Crippen molar-refractivity contribution in [1.29, 1.82) is 0 Å². The van der Waals surface area contributed by atoms with Crippen molar-refractivity contribution in [2.45, 2.75) is 6.42 Å². The first-order chi connectivity index (χ1) is 11.8. The number of hydrogen-bond donors (Lipinski definition) is 0. The SMILES string of the molecule is Clc1c(Cl)c(Cl)c(OCCCOc2ccc(Br)c(Br)c2Br)c(Cl)c1Cl. The first-order valence-electron chi connectivity index (χ1n) is 6.66. The fraction of sp³-hybridized carbons (Fsp3) is 0.200. The Kier molecular flexibility index (Phi) is 8.82. The van der Waals surface area contributed by atoms with E-state index in [0.29, 0.717) is 25.4 Å². The topological polar surface area (TPSA) is 18.5 Å². The molecule has 136 valence electrons. The molecule has 2 aromatic rings. The van der Waals surface area contributed by atoms with Crippen molar-refractivity contribution in [3.05, 3.63) is 50.7 Å². The van der Waals surface area contributed by atoms with Gasteiger partial charge in [-0.2, -0.15) is 0 Å². The molecule has 0 saturated heterocycles. The summed E-state index contributed by atoms with van der Waals surface area (Å²) in [5.41, 5.74) is 0. The van der Waals surface area contributed by atoms with Crippen molar-refractivity contribution in [3.63, 3.8) is 0 Å². The first-order valence-corrected chi connectivity index (χ1v) is 10.9. The highest BCUT2D eigenvalue weighted by atomic mass is 79.9. The van der Waals surface area contributed by atoms with E-state index < -0.39 is 0 Å². The fourth-order valence-electron chi connectivity index (χ4n) is 1.75. The molecule has 0 aromatic heterocycles. The summed E-state index contributed by atoms with van der Waals surface area (Å²) >= 11 is 40.5. The number of benzene rings is 2. The van der Waals surface area contributed by atoms with Gasteiger partial charge in [-0.25, -0.2) is 0 Å². The molecule has 0 unspecified atom stereocenters. The molecule has 0 heterocycles. The summed E-state index contributed by atoms with van der Waals surface area (Å²) in [4.78, 5) is 0. The molecule has 0 saturated carbocycles. The van der Waals surface area contributed by atoms with E-state index in [-0.39, 0.29) is 30.9 Å². The monoisotopic (exact) mass is 632 g/mol. The lowest BCUT2D eigenvalue weighted by atomic mass is 10.3. The van der Waals surface area contributed by atoms with Crippen LogP contribution in [0.3, 0.4) is 0 Å². The van der Waals surface area contributed by atoms with Gasteiger partial charge in [0.2, 0.25) is 0 Å². The third-order valence-electron chi connectivity index (χ3n) is 2.96. The summed E-state index contributed by atoms with van der Waals surface area (Å²) in [5.74, 6) is 0.916. The molecule has 0 aliphatic carbocycles. The number of hydrogen-bond acceptors (Lipinski definition) is 2. The minimum atomic E-state index is 0.0969. The minimum Gasteiger partial charge on any atom is -0.492 e. The molecular formula is C15H8Br3Cl5O2. The predicted octanol–water partition coefficient (Wildman–Crippen LogP) is 9.09. The Hall–Kier alpha value is 0.930. The van der Waals surface area contributed by atoms with Gasteiger partial charge in [0.1, 0.15) is 15.8 Å². The van der Waals surface area contributed by atoms with Crippen molar-refractivity contribution in [2.24, 2.45) is 0 Å². The highest BCUT2D eigenvalue weighted by Gasteiger charge is 2.20. The van der Waals surface area contributed by atoms with Crippen LogP contribution >= 0.6 is 106 Å². The van der Waals surface area contributed by atoms with Crippen LogP contribution in [0.15, 0.2) is 25.6 Å². The largest absolute Gasteiger partial charge is 0.492 e. The van der Waals surface area contributed by atoms with Crippen molar-refractivity contribution in [1.82, 2.24) is 0 Å². The maximum atomic E-state index is 6.11. The smallest absolute Gasteiger partial charge is 0.159 e. The summed E-state index contributed by atoms with van der Waals surface area (Å²) in [6, 6.07) is 3.74. The van der Waals surface area contributed by atoms with Gasteiger partial charge in [0, 0.05) is 15.4 Å². The Labute approximate surface area is 195 Å². The Morgan fingerprint density at radius 1 is 0.680 bits per heavy atom. The number of rotatable bonds is 6. The van der Waals surface area contributed by atoms with Gasteiger partial charge in [-0.05, 0) is 59.9 Å². The summed E-state index contributed by atoms with van der Waals surface area (Å²) in [6.07, 6.45) is 0.588. The standard InChI is InChI=1S/C15H8Br3Cl5O2/c16-6-2-3-7(9(18)8(6)17)24-4-1-5-25-15-13(22)11(20)10(19)12(21)14(15)23/h2-3H,1,4-5H2. The molecular weight excluding hydrogens is 629 g/mol. The van der Waals surface area contributed by atoms with Crippen LogP contribution in [-0.2, 0) is 0 Å². The van der Waals surface area contributed by atoms with Crippen molar-refractivity contribution < 1.29 is 9.47 Å². The van der Waals surface area contributed by atoms with Gasteiger partial charge in [0.15, 0.2) is 5.75 Å².